The second-order valence-electron chi connectivity index (χ2n) is 5.35. The molecule has 2 rings (SSSR count). The average molecular weight is 283 g/mol. The van der Waals surface area contributed by atoms with Gasteiger partial charge in [-0.15, -0.1) is 11.3 Å². The smallest absolute Gasteiger partial charge is 0.275 e. The number of hydrogen-bond acceptors (Lipinski definition) is 5. The van der Waals surface area contributed by atoms with Gasteiger partial charge in [0, 0.05) is 13.1 Å². The number of carbonyl (C=O) groups is 1. The molecule has 19 heavy (non-hydrogen) atoms. The normalized spacial score (nSPS) is 17.9. The van der Waals surface area contributed by atoms with E-state index >= 15 is 0 Å². The van der Waals surface area contributed by atoms with Crippen molar-refractivity contribution >= 4 is 17.2 Å². The van der Waals surface area contributed by atoms with Crippen LogP contribution in [0.1, 0.15) is 40.9 Å². The lowest BCUT2D eigenvalue weighted by molar-refractivity contribution is 0.0145. The number of rotatable bonds is 5. The van der Waals surface area contributed by atoms with E-state index in [4.69, 9.17) is 5.84 Å². The maximum atomic E-state index is 11.6. The molecule has 0 bridgehead atoms. The summed E-state index contributed by atoms with van der Waals surface area (Å²) in [6.07, 6.45) is 3.95. The molecular weight excluding hydrogens is 262 g/mol. The molecule has 0 unspecified atom stereocenters. The molecule has 1 aliphatic carbocycles. The molecule has 6 heteroatoms. The number of likely N-dealkylation sites (N-methyl/N-ethyl adjacent to an activating group) is 1. The first-order valence-corrected chi connectivity index (χ1v) is 7.40. The van der Waals surface area contributed by atoms with Crippen LogP contribution in [0, 0.1) is 0 Å². The number of hydrazine groups is 1. The summed E-state index contributed by atoms with van der Waals surface area (Å²) in [5, 5.41) is 12.3. The number of nitrogens with zero attached hydrogens (tertiary/aromatic N) is 1. The van der Waals surface area contributed by atoms with Crippen LogP contribution in [0.4, 0.5) is 0 Å². The van der Waals surface area contributed by atoms with Crippen LogP contribution < -0.4 is 11.3 Å². The molecule has 0 atom stereocenters. The van der Waals surface area contributed by atoms with Crippen LogP contribution in [0.5, 0.6) is 0 Å². The number of carbonyl (C=O) groups excluding carboxylic acids is 1. The summed E-state index contributed by atoms with van der Waals surface area (Å²) in [6, 6.07) is 1.93. The van der Waals surface area contributed by atoms with E-state index in [1.807, 2.05) is 18.5 Å². The molecule has 1 fully saturated rings. The van der Waals surface area contributed by atoms with Crippen molar-refractivity contribution in [2.75, 3.05) is 13.6 Å². The number of nitrogen functional groups attached to an aromatic ring is 1. The minimum Gasteiger partial charge on any atom is -0.389 e. The van der Waals surface area contributed by atoms with Crippen LogP contribution in [0.2, 0.25) is 0 Å². The Bertz CT molecular complexity index is 441. The Morgan fingerprint density at radius 3 is 2.89 bits per heavy atom. The predicted molar refractivity (Wildman–Crippen MR) is 75.7 cm³/mol. The van der Waals surface area contributed by atoms with Crippen molar-refractivity contribution in [1.82, 2.24) is 10.3 Å². The van der Waals surface area contributed by atoms with Gasteiger partial charge in [-0.3, -0.25) is 15.1 Å². The summed E-state index contributed by atoms with van der Waals surface area (Å²) in [6.45, 7) is 1.29. The predicted octanol–water partition coefficient (Wildman–Crippen LogP) is 1.09. The third kappa shape index (κ3) is 3.54. The number of hydrogen-bond donors (Lipinski definition) is 3. The monoisotopic (exact) mass is 283 g/mol. The van der Waals surface area contributed by atoms with Crippen LogP contribution in [-0.4, -0.2) is 35.1 Å². The molecule has 0 aliphatic heterocycles. The Morgan fingerprint density at radius 2 is 2.26 bits per heavy atom. The Hall–Kier alpha value is -0.950. The lowest BCUT2D eigenvalue weighted by Gasteiger charge is -2.28. The lowest BCUT2D eigenvalue weighted by Crippen LogP contribution is -2.39. The third-order valence-corrected chi connectivity index (χ3v) is 4.58. The molecule has 5 nitrogen and oxygen atoms in total. The number of nitrogens with two attached hydrogens (primary N) is 1. The summed E-state index contributed by atoms with van der Waals surface area (Å²) in [7, 11) is 1.97. The molecule has 1 heterocycles. The minimum absolute atomic E-state index is 0.252. The first kappa shape index (κ1) is 14.5. The fourth-order valence-electron chi connectivity index (χ4n) is 2.77. The maximum Gasteiger partial charge on any atom is 0.275 e. The van der Waals surface area contributed by atoms with E-state index in [1.54, 1.807) is 0 Å². The maximum absolute atomic E-state index is 11.6. The zero-order valence-electron chi connectivity index (χ0n) is 11.2. The highest BCUT2D eigenvalue weighted by molar-refractivity contribution is 7.12. The van der Waals surface area contributed by atoms with E-state index < -0.39 is 5.60 Å². The molecule has 1 amide bonds. The largest absolute Gasteiger partial charge is 0.389 e. The quantitative estimate of drug-likeness (QED) is 0.429. The highest BCUT2D eigenvalue weighted by atomic mass is 32.1. The summed E-state index contributed by atoms with van der Waals surface area (Å²) in [5.41, 5.74) is 2.57. The molecule has 0 aromatic carbocycles. The van der Waals surface area contributed by atoms with E-state index in [9.17, 15) is 9.90 Å². The molecule has 1 aliphatic rings. The molecule has 1 saturated carbocycles. The van der Waals surface area contributed by atoms with Crippen LogP contribution in [0.3, 0.4) is 0 Å². The van der Waals surface area contributed by atoms with Gasteiger partial charge in [-0.2, -0.15) is 0 Å². The highest BCUT2D eigenvalue weighted by Crippen LogP contribution is 2.30. The average Bonchev–Trinajstić information content (AvgIpc) is 2.97. The first-order valence-electron chi connectivity index (χ1n) is 6.52. The van der Waals surface area contributed by atoms with Crippen molar-refractivity contribution in [3.8, 4) is 0 Å². The van der Waals surface area contributed by atoms with E-state index in [-0.39, 0.29) is 5.91 Å². The minimum atomic E-state index is -0.555. The van der Waals surface area contributed by atoms with E-state index in [1.165, 1.54) is 11.3 Å². The zero-order valence-corrected chi connectivity index (χ0v) is 12.0. The van der Waals surface area contributed by atoms with Crippen LogP contribution in [0.25, 0.3) is 0 Å². The second-order valence-corrected chi connectivity index (χ2v) is 6.27. The topological polar surface area (TPSA) is 78.6 Å². The lowest BCUT2D eigenvalue weighted by atomic mass is 10.0. The summed E-state index contributed by atoms with van der Waals surface area (Å²) < 4.78 is 0. The fourth-order valence-corrected chi connectivity index (χ4v) is 3.58. The van der Waals surface area contributed by atoms with Crippen molar-refractivity contribution in [2.24, 2.45) is 5.84 Å². The Kier molecular flexibility index (Phi) is 4.57. The number of thiophene rings is 1. The van der Waals surface area contributed by atoms with E-state index in [0.717, 1.165) is 31.2 Å². The van der Waals surface area contributed by atoms with Gasteiger partial charge >= 0.3 is 0 Å². The summed E-state index contributed by atoms with van der Waals surface area (Å²) in [4.78, 5) is 14.3. The Morgan fingerprint density at radius 1 is 1.58 bits per heavy atom. The van der Waals surface area contributed by atoms with E-state index in [0.29, 0.717) is 18.0 Å². The zero-order chi connectivity index (χ0) is 13.9. The number of amides is 1. The fraction of sp³-hybridized carbons (Fsp3) is 0.615. The molecule has 1 aromatic heterocycles. The van der Waals surface area contributed by atoms with Crippen molar-refractivity contribution in [3.05, 3.63) is 21.9 Å². The van der Waals surface area contributed by atoms with Crippen LogP contribution in [-0.2, 0) is 6.54 Å². The first-order chi connectivity index (χ1) is 9.04. The Labute approximate surface area is 117 Å². The number of aliphatic hydroxyl groups is 1. The standard InChI is InChI=1S/C13H21N3O2S/c1-16(9-13(18)5-2-3-6-13)8-10-4-7-19-11(10)12(17)15-14/h4,7,18H,2-3,5-6,8-9,14H2,1H3,(H,15,17). The van der Waals surface area contributed by atoms with Gasteiger partial charge in [-0.05, 0) is 36.9 Å². The van der Waals surface area contributed by atoms with Gasteiger partial charge in [0.1, 0.15) is 0 Å². The van der Waals surface area contributed by atoms with Gasteiger partial charge in [0.05, 0.1) is 10.5 Å². The van der Waals surface area contributed by atoms with E-state index in [2.05, 4.69) is 10.3 Å². The second kappa shape index (κ2) is 6.00. The summed E-state index contributed by atoms with van der Waals surface area (Å²) in [5.74, 6) is 4.92. The molecular formula is C13H21N3O2S. The van der Waals surface area contributed by atoms with Gasteiger partial charge in [0.15, 0.2) is 0 Å². The molecule has 0 spiro atoms. The van der Waals surface area contributed by atoms with Crippen molar-refractivity contribution in [1.29, 1.82) is 0 Å². The molecule has 4 N–H and O–H groups in total. The van der Waals surface area contributed by atoms with Gasteiger partial charge in [-0.25, -0.2) is 5.84 Å². The van der Waals surface area contributed by atoms with Crippen molar-refractivity contribution in [3.63, 3.8) is 0 Å². The van der Waals surface area contributed by atoms with Crippen molar-refractivity contribution in [2.45, 2.75) is 37.8 Å². The summed E-state index contributed by atoms with van der Waals surface area (Å²) >= 11 is 1.38. The van der Waals surface area contributed by atoms with Gasteiger partial charge in [0.25, 0.3) is 5.91 Å². The highest BCUT2D eigenvalue weighted by Gasteiger charge is 2.32. The van der Waals surface area contributed by atoms with Crippen molar-refractivity contribution < 1.29 is 9.90 Å². The van der Waals surface area contributed by atoms with Crippen LogP contribution in [0.15, 0.2) is 11.4 Å². The van der Waals surface area contributed by atoms with Gasteiger partial charge in [0.2, 0.25) is 0 Å². The van der Waals surface area contributed by atoms with Gasteiger partial charge < -0.3 is 5.11 Å². The third-order valence-electron chi connectivity index (χ3n) is 3.62. The number of nitrogens with one attached hydrogen (secondary N) is 1. The molecule has 0 radical (unpaired) electrons. The molecule has 106 valence electrons. The molecule has 0 saturated heterocycles. The van der Waals surface area contributed by atoms with Crippen LogP contribution >= 0.6 is 11.3 Å². The van der Waals surface area contributed by atoms with Gasteiger partial charge in [-0.1, -0.05) is 12.8 Å². The SMILES string of the molecule is CN(Cc1ccsc1C(=O)NN)CC1(O)CCCC1. The molecule has 1 aromatic rings. The Balaban J connectivity index is 1.97.